The van der Waals surface area contributed by atoms with Crippen molar-refractivity contribution in [2.45, 2.75) is 23.0 Å². The molecule has 0 radical (unpaired) electrons. The molecular weight excluding hydrogens is 503 g/mol. The Bertz CT molecular complexity index is 1150. The van der Waals surface area contributed by atoms with Crippen molar-refractivity contribution in [1.29, 1.82) is 0 Å². The molecule has 4 N–H and O–H groups in total. The van der Waals surface area contributed by atoms with Crippen molar-refractivity contribution in [3.05, 3.63) is 27.6 Å². The van der Waals surface area contributed by atoms with E-state index in [9.17, 15) is 8.42 Å². The number of halogens is 1. The average Bonchev–Trinajstić information content (AvgIpc) is 3.17. The van der Waals surface area contributed by atoms with Crippen molar-refractivity contribution in [2.75, 3.05) is 18.1 Å². The molecule has 2 aromatic heterocycles. The average molecular weight is 518 g/mol. The first kappa shape index (κ1) is 18.7. The van der Waals surface area contributed by atoms with Gasteiger partial charge in [0.1, 0.15) is 12.1 Å². The topological polar surface area (TPSA) is 139 Å². The number of imidazole rings is 1. The third-order valence-corrected chi connectivity index (χ3v) is 7.13. The summed E-state index contributed by atoms with van der Waals surface area (Å²) in [6.45, 7) is 0.796. The first-order valence-electron chi connectivity index (χ1n) is 7.92. The fraction of sp³-hybridized carbons (Fsp3) is 0.267. The summed E-state index contributed by atoms with van der Waals surface area (Å²) in [6, 6.07) is 4.07. The predicted octanol–water partition coefficient (Wildman–Crippen LogP) is 1.39. The molecule has 4 rings (SSSR count). The van der Waals surface area contributed by atoms with Gasteiger partial charge in [-0.2, -0.15) is 0 Å². The Balaban J connectivity index is 1.78. The Morgan fingerprint density at radius 3 is 2.93 bits per heavy atom. The SMILES string of the molecule is Nc1ncnc2c1nc(Sc1cc3c(cc1I)CCO3)n2CCS(N)(=O)=O. The van der Waals surface area contributed by atoms with Crippen LogP contribution in [0.3, 0.4) is 0 Å². The molecule has 0 amide bonds. The van der Waals surface area contributed by atoms with E-state index in [-0.39, 0.29) is 18.1 Å². The fourth-order valence-electron chi connectivity index (χ4n) is 2.79. The fourth-order valence-corrected chi connectivity index (χ4v) is 5.03. The highest BCUT2D eigenvalue weighted by molar-refractivity contribution is 14.1. The van der Waals surface area contributed by atoms with Gasteiger partial charge in [-0.1, -0.05) is 11.8 Å². The molecule has 0 aliphatic carbocycles. The molecule has 0 atom stereocenters. The van der Waals surface area contributed by atoms with Crippen LogP contribution in [0.2, 0.25) is 0 Å². The van der Waals surface area contributed by atoms with E-state index in [1.807, 2.05) is 6.07 Å². The van der Waals surface area contributed by atoms with Gasteiger partial charge in [0.05, 0.1) is 12.4 Å². The molecular formula is C15H15IN6O3S2. The molecule has 0 bridgehead atoms. The Kier molecular flexibility index (Phi) is 4.90. The van der Waals surface area contributed by atoms with Crippen molar-refractivity contribution in [1.82, 2.24) is 19.5 Å². The number of primary sulfonamides is 1. The monoisotopic (exact) mass is 518 g/mol. The Hall–Kier alpha value is -1.64. The molecule has 9 nitrogen and oxygen atoms in total. The number of benzene rings is 1. The number of aryl methyl sites for hydroxylation is 1. The van der Waals surface area contributed by atoms with Gasteiger partial charge in [0.15, 0.2) is 22.1 Å². The van der Waals surface area contributed by atoms with Crippen LogP contribution in [-0.2, 0) is 23.0 Å². The maximum Gasteiger partial charge on any atom is 0.210 e. The summed E-state index contributed by atoms with van der Waals surface area (Å²) in [4.78, 5) is 13.7. The number of ether oxygens (including phenoxy) is 1. The first-order valence-corrected chi connectivity index (χ1v) is 11.5. The molecule has 12 heteroatoms. The van der Waals surface area contributed by atoms with Crippen LogP contribution in [0.4, 0.5) is 5.82 Å². The van der Waals surface area contributed by atoms with E-state index >= 15 is 0 Å². The van der Waals surface area contributed by atoms with E-state index in [2.05, 4.69) is 43.6 Å². The van der Waals surface area contributed by atoms with E-state index in [4.69, 9.17) is 15.6 Å². The number of hydrogen-bond acceptors (Lipinski definition) is 8. The predicted molar refractivity (Wildman–Crippen MR) is 110 cm³/mol. The lowest BCUT2D eigenvalue weighted by Crippen LogP contribution is -2.20. The molecule has 1 aliphatic rings. The summed E-state index contributed by atoms with van der Waals surface area (Å²) >= 11 is 3.67. The summed E-state index contributed by atoms with van der Waals surface area (Å²) in [5.41, 5.74) is 8.00. The maximum atomic E-state index is 11.4. The first-order chi connectivity index (χ1) is 12.8. The van der Waals surface area contributed by atoms with E-state index in [1.54, 1.807) is 4.57 Å². The largest absolute Gasteiger partial charge is 0.493 e. The van der Waals surface area contributed by atoms with Gasteiger partial charge in [-0.3, -0.25) is 0 Å². The van der Waals surface area contributed by atoms with Crippen LogP contribution < -0.4 is 15.6 Å². The molecule has 0 saturated heterocycles. The zero-order valence-corrected chi connectivity index (χ0v) is 17.7. The summed E-state index contributed by atoms with van der Waals surface area (Å²) in [5.74, 6) is 0.868. The smallest absolute Gasteiger partial charge is 0.210 e. The van der Waals surface area contributed by atoms with Crippen LogP contribution >= 0.6 is 34.4 Å². The number of nitrogen functional groups attached to an aromatic ring is 1. The normalized spacial score (nSPS) is 13.7. The molecule has 1 aromatic carbocycles. The van der Waals surface area contributed by atoms with Crippen molar-refractivity contribution in [3.63, 3.8) is 0 Å². The lowest BCUT2D eigenvalue weighted by atomic mass is 10.2. The summed E-state index contributed by atoms with van der Waals surface area (Å²) < 4.78 is 31.3. The third-order valence-electron chi connectivity index (χ3n) is 4.07. The van der Waals surface area contributed by atoms with Crippen LogP contribution in [0.25, 0.3) is 11.2 Å². The number of nitrogens with two attached hydrogens (primary N) is 2. The van der Waals surface area contributed by atoms with Crippen LogP contribution in [0.1, 0.15) is 5.56 Å². The van der Waals surface area contributed by atoms with Gasteiger partial charge in [0.25, 0.3) is 0 Å². The summed E-state index contributed by atoms with van der Waals surface area (Å²) in [6.07, 6.45) is 2.23. The number of sulfonamides is 1. The van der Waals surface area contributed by atoms with Gasteiger partial charge in [0.2, 0.25) is 10.0 Å². The van der Waals surface area contributed by atoms with Crippen LogP contribution in [0, 0.1) is 3.57 Å². The molecule has 0 fully saturated rings. The van der Waals surface area contributed by atoms with Crippen LogP contribution in [0.15, 0.2) is 28.5 Å². The van der Waals surface area contributed by atoms with E-state index in [0.717, 1.165) is 20.6 Å². The minimum absolute atomic E-state index is 0.117. The molecule has 0 spiro atoms. The number of hydrogen-bond donors (Lipinski definition) is 2. The summed E-state index contributed by atoms with van der Waals surface area (Å²) in [7, 11) is -3.64. The molecule has 0 unspecified atom stereocenters. The van der Waals surface area contributed by atoms with E-state index < -0.39 is 10.0 Å². The number of nitrogens with zero attached hydrogens (tertiary/aromatic N) is 4. The van der Waals surface area contributed by atoms with Gasteiger partial charge >= 0.3 is 0 Å². The molecule has 3 heterocycles. The second-order valence-corrected chi connectivity index (χ2v) is 9.84. The number of anilines is 1. The number of fused-ring (bicyclic) bond motifs is 2. The second-order valence-electron chi connectivity index (χ2n) is 5.93. The van der Waals surface area contributed by atoms with Crippen molar-refractivity contribution in [2.24, 2.45) is 5.14 Å². The standard InChI is InChI=1S/C15H15IN6O3S2/c16-9-5-8-1-3-25-10(8)6-11(9)26-15-21-12-13(17)19-7-20-14(12)22(15)2-4-27(18,23)24/h5-7H,1-4H2,(H2,17,19,20)(H2,18,23,24). The Morgan fingerprint density at radius 2 is 2.15 bits per heavy atom. The van der Waals surface area contributed by atoms with Gasteiger partial charge in [0, 0.05) is 21.4 Å². The molecule has 3 aromatic rings. The van der Waals surface area contributed by atoms with Gasteiger partial charge < -0.3 is 15.0 Å². The number of rotatable bonds is 5. The summed E-state index contributed by atoms with van der Waals surface area (Å²) in [5, 5.41) is 5.74. The van der Waals surface area contributed by atoms with Gasteiger partial charge in [-0.25, -0.2) is 28.5 Å². The van der Waals surface area contributed by atoms with Crippen molar-refractivity contribution >= 4 is 61.4 Å². The Morgan fingerprint density at radius 1 is 1.33 bits per heavy atom. The van der Waals surface area contributed by atoms with Crippen LogP contribution in [-0.4, -0.2) is 40.3 Å². The third kappa shape index (κ3) is 3.83. The lowest BCUT2D eigenvalue weighted by Gasteiger charge is -2.10. The zero-order chi connectivity index (χ0) is 19.2. The highest BCUT2D eigenvalue weighted by Crippen LogP contribution is 2.38. The second kappa shape index (κ2) is 7.07. The number of aromatic nitrogens is 4. The quantitative estimate of drug-likeness (QED) is 0.484. The molecule has 0 saturated carbocycles. The Labute approximate surface area is 173 Å². The van der Waals surface area contributed by atoms with Crippen LogP contribution in [0.5, 0.6) is 5.75 Å². The molecule has 142 valence electrons. The lowest BCUT2D eigenvalue weighted by molar-refractivity contribution is 0.356. The highest BCUT2D eigenvalue weighted by atomic mass is 127. The zero-order valence-electron chi connectivity index (χ0n) is 13.9. The maximum absolute atomic E-state index is 11.4. The van der Waals surface area contributed by atoms with E-state index in [0.29, 0.717) is 22.9 Å². The minimum Gasteiger partial charge on any atom is -0.493 e. The molecule has 27 heavy (non-hydrogen) atoms. The van der Waals surface area contributed by atoms with Crippen molar-refractivity contribution < 1.29 is 13.2 Å². The van der Waals surface area contributed by atoms with Crippen molar-refractivity contribution in [3.8, 4) is 5.75 Å². The molecule has 1 aliphatic heterocycles. The van der Waals surface area contributed by atoms with Gasteiger partial charge in [-0.05, 0) is 40.3 Å². The highest BCUT2D eigenvalue weighted by Gasteiger charge is 2.20. The van der Waals surface area contributed by atoms with Gasteiger partial charge in [-0.15, -0.1) is 0 Å². The van der Waals surface area contributed by atoms with E-state index in [1.165, 1.54) is 23.7 Å². The minimum atomic E-state index is -3.64.